The second-order valence-corrected chi connectivity index (χ2v) is 4.73. The van der Waals surface area contributed by atoms with E-state index in [1.54, 1.807) is 7.11 Å². The van der Waals surface area contributed by atoms with Gasteiger partial charge in [-0.2, -0.15) is 0 Å². The average Bonchev–Trinajstić information content (AvgIpc) is 3.20. The van der Waals surface area contributed by atoms with Gasteiger partial charge in [-0.15, -0.1) is 0 Å². The number of aromatic nitrogens is 2. The van der Waals surface area contributed by atoms with Crippen LogP contribution in [0, 0.1) is 0 Å². The van der Waals surface area contributed by atoms with Crippen LogP contribution in [-0.2, 0) is 4.74 Å². The van der Waals surface area contributed by atoms with Gasteiger partial charge in [-0.1, -0.05) is 0 Å². The summed E-state index contributed by atoms with van der Waals surface area (Å²) in [4.78, 5) is 9.11. The Morgan fingerprint density at radius 3 is 2.56 bits per heavy atom. The lowest BCUT2D eigenvalue weighted by atomic mass is 10.3. The van der Waals surface area contributed by atoms with Gasteiger partial charge < -0.3 is 15.4 Å². The van der Waals surface area contributed by atoms with E-state index in [0.717, 1.165) is 30.5 Å². The van der Waals surface area contributed by atoms with E-state index >= 15 is 0 Å². The summed E-state index contributed by atoms with van der Waals surface area (Å²) in [6, 6.07) is 1.96. The Morgan fingerprint density at radius 2 is 2.00 bits per heavy atom. The van der Waals surface area contributed by atoms with Crippen LogP contribution in [0.15, 0.2) is 6.07 Å². The average molecular weight is 250 g/mol. The van der Waals surface area contributed by atoms with Crippen molar-refractivity contribution in [2.45, 2.75) is 38.7 Å². The Kier molecular flexibility index (Phi) is 4.36. The van der Waals surface area contributed by atoms with E-state index in [1.807, 2.05) is 13.0 Å². The fourth-order valence-electron chi connectivity index (χ4n) is 1.68. The summed E-state index contributed by atoms with van der Waals surface area (Å²) in [5.74, 6) is 3.30. The van der Waals surface area contributed by atoms with Crippen molar-refractivity contribution in [3.63, 3.8) is 0 Å². The molecule has 1 fully saturated rings. The quantitative estimate of drug-likeness (QED) is 0.777. The molecule has 1 aromatic rings. The molecule has 2 N–H and O–H groups in total. The van der Waals surface area contributed by atoms with Gasteiger partial charge in [-0.25, -0.2) is 9.97 Å². The summed E-state index contributed by atoms with van der Waals surface area (Å²) in [6.45, 7) is 5.72. The second-order valence-electron chi connectivity index (χ2n) is 4.73. The van der Waals surface area contributed by atoms with Crippen LogP contribution in [0.4, 0.5) is 11.6 Å². The smallest absolute Gasteiger partial charge is 0.136 e. The topological polar surface area (TPSA) is 59.1 Å². The highest BCUT2D eigenvalue weighted by atomic mass is 16.5. The maximum absolute atomic E-state index is 5.22. The molecule has 0 saturated heterocycles. The third-order valence-electron chi connectivity index (χ3n) is 3.02. The fraction of sp³-hybridized carbons (Fsp3) is 0.692. The zero-order valence-electron chi connectivity index (χ0n) is 11.4. The van der Waals surface area contributed by atoms with Gasteiger partial charge in [0.05, 0.1) is 6.10 Å². The Morgan fingerprint density at radius 1 is 1.33 bits per heavy atom. The first-order chi connectivity index (χ1) is 8.72. The number of hydrogen-bond acceptors (Lipinski definition) is 5. The number of ether oxygens (including phenoxy) is 1. The Hall–Kier alpha value is -1.36. The van der Waals surface area contributed by atoms with Crippen molar-refractivity contribution in [1.82, 2.24) is 9.97 Å². The molecule has 1 saturated carbocycles. The van der Waals surface area contributed by atoms with E-state index in [0.29, 0.717) is 5.92 Å². The molecule has 1 aromatic heterocycles. The monoisotopic (exact) mass is 250 g/mol. The summed E-state index contributed by atoms with van der Waals surface area (Å²) < 4.78 is 5.22. The summed E-state index contributed by atoms with van der Waals surface area (Å²) >= 11 is 0. The Bertz CT molecular complexity index is 393. The van der Waals surface area contributed by atoms with E-state index < -0.39 is 0 Å². The summed E-state index contributed by atoms with van der Waals surface area (Å²) in [5.41, 5.74) is 0. The van der Waals surface area contributed by atoms with E-state index in [9.17, 15) is 0 Å². The number of nitrogens with zero attached hydrogens (tertiary/aromatic N) is 2. The maximum Gasteiger partial charge on any atom is 0.136 e. The molecule has 2 rings (SSSR count). The number of hydrogen-bond donors (Lipinski definition) is 2. The molecule has 0 aromatic carbocycles. The first-order valence-electron chi connectivity index (χ1n) is 6.62. The van der Waals surface area contributed by atoms with Crippen LogP contribution in [0.3, 0.4) is 0 Å². The van der Waals surface area contributed by atoms with Crippen LogP contribution in [0.1, 0.15) is 38.4 Å². The van der Waals surface area contributed by atoms with Crippen LogP contribution in [-0.4, -0.2) is 36.3 Å². The highest BCUT2D eigenvalue weighted by molar-refractivity contribution is 5.48. The third-order valence-corrected chi connectivity index (χ3v) is 3.02. The lowest BCUT2D eigenvalue weighted by Crippen LogP contribution is -2.19. The van der Waals surface area contributed by atoms with Gasteiger partial charge in [0.2, 0.25) is 0 Å². The van der Waals surface area contributed by atoms with Crippen LogP contribution >= 0.6 is 0 Å². The molecular formula is C13H22N4O. The van der Waals surface area contributed by atoms with Gasteiger partial charge in [0.25, 0.3) is 0 Å². The Labute approximate surface area is 108 Å². The summed E-state index contributed by atoms with van der Waals surface area (Å²) in [6.07, 6.45) is 2.60. The first-order valence-corrected chi connectivity index (χ1v) is 6.62. The fourth-order valence-corrected chi connectivity index (χ4v) is 1.68. The molecule has 18 heavy (non-hydrogen) atoms. The number of rotatable bonds is 7. The number of methoxy groups -OCH3 is 1. The van der Waals surface area contributed by atoms with E-state index in [-0.39, 0.29) is 6.10 Å². The van der Waals surface area contributed by atoms with Gasteiger partial charge in [-0.3, -0.25) is 0 Å². The van der Waals surface area contributed by atoms with Crippen LogP contribution in [0.2, 0.25) is 0 Å². The highest BCUT2D eigenvalue weighted by Gasteiger charge is 2.27. The van der Waals surface area contributed by atoms with Crippen molar-refractivity contribution < 1.29 is 4.74 Å². The predicted octanol–water partition coefficient (Wildman–Crippen LogP) is 2.23. The molecule has 1 heterocycles. The number of nitrogens with one attached hydrogen (secondary N) is 2. The molecule has 0 amide bonds. The van der Waals surface area contributed by atoms with Crippen molar-refractivity contribution in [3.8, 4) is 0 Å². The van der Waals surface area contributed by atoms with Crippen molar-refractivity contribution in [3.05, 3.63) is 11.9 Å². The Balaban J connectivity index is 2.07. The molecular weight excluding hydrogens is 228 g/mol. The van der Waals surface area contributed by atoms with Gasteiger partial charge in [-0.05, 0) is 26.7 Å². The summed E-state index contributed by atoms with van der Waals surface area (Å²) in [5, 5.41) is 6.55. The van der Waals surface area contributed by atoms with Crippen molar-refractivity contribution in [2.75, 3.05) is 30.8 Å². The minimum absolute atomic E-state index is 0.173. The van der Waals surface area contributed by atoms with Gasteiger partial charge in [0, 0.05) is 32.2 Å². The van der Waals surface area contributed by atoms with E-state index in [2.05, 4.69) is 27.5 Å². The maximum atomic E-state index is 5.22. The molecule has 0 aliphatic heterocycles. The van der Waals surface area contributed by atoms with Gasteiger partial charge >= 0.3 is 0 Å². The lowest BCUT2D eigenvalue weighted by Gasteiger charge is -2.13. The van der Waals surface area contributed by atoms with E-state index in [1.165, 1.54) is 12.8 Å². The zero-order chi connectivity index (χ0) is 13.0. The van der Waals surface area contributed by atoms with Crippen molar-refractivity contribution in [1.29, 1.82) is 0 Å². The molecule has 100 valence electrons. The SMILES string of the molecule is CCNc1cc(NCC(C)OC)nc(C2CC2)n1. The predicted molar refractivity (Wildman–Crippen MR) is 73.1 cm³/mol. The standard InChI is InChI=1S/C13H22N4O/c1-4-14-11-7-12(15-8-9(2)18-3)17-13(16-11)10-5-6-10/h7,9-10H,4-6,8H2,1-3H3,(H2,14,15,16,17). The van der Waals surface area contributed by atoms with Crippen molar-refractivity contribution in [2.24, 2.45) is 0 Å². The van der Waals surface area contributed by atoms with Crippen LogP contribution < -0.4 is 10.6 Å². The molecule has 0 spiro atoms. The first kappa shape index (κ1) is 13.1. The molecule has 1 atom stereocenters. The van der Waals surface area contributed by atoms with Crippen molar-refractivity contribution >= 4 is 11.6 Å². The molecule has 5 nitrogen and oxygen atoms in total. The lowest BCUT2D eigenvalue weighted by molar-refractivity contribution is 0.128. The highest BCUT2D eigenvalue weighted by Crippen LogP contribution is 2.38. The van der Waals surface area contributed by atoms with Gasteiger partial charge in [0.15, 0.2) is 0 Å². The molecule has 0 bridgehead atoms. The molecule has 1 unspecified atom stereocenters. The molecule has 1 aliphatic rings. The zero-order valence-corrected chi connectivity index (χ0v) is 11.4. The van der Waals surface area contributed by atoms with Crippen LogP contribution in [0.25, 0.3) is 0 Å². The van der Waals surface area contributed by atoms with Crippen LogP contribution in [0.5, 0.6) is 0 Å². The third kappa shape index (κ3) is 3.57. The minimum Gasteiger partial charge on any atom is -0.380 e. The largest absolute Gasteiger partial charge is 0.380 e. The van der Waals surface area contributed by atoms with E-state index in [4.69, 9.17) is 4.74 Å². The molecule has 0 radical (unpaired) electrons. The second kappa shape index (κ2) is 6.00. The van der Waals surface area contributed by atoms with Gasteiger partial charge in [0.1, 0.15) is 17.5 Å². The summed E-state index contributed by atoms with van der Waals surface area (Å²) in [7, 11) is 1.71. The molecule has 1 aliphatic carbocycles. The number of anilines is 2. The normalized spacial score (nSPS) is 16.4. The minimum atomic E-state index is 0.173. The molecule has 5 heteroatoms.